The number of anilines is 3. The second-order valence-electron chi connectivity index (χ2n) is 14.4. The first-order valence-electron chi connectivity index (χ1n) is 19.3. The molecule has 0 bridgehead atoms. The van der Waals surface area contributed by atoms with Crippen LogP contribution in [0.2, 0.25) is 0 Å². The van der Waals surface area contributed by atoms with E-state index < -0.39 is 0 Å². The van der Waals surface area contributed by atoms with Gasteiger partial charge in [-0.15, -0.1) is 0 Å². The maximum atomic E-state index is 6.81. The standard InChI is InChI=1S/C54H35NO2/c1-3-17-36(18-4-1)40-23-7-8-26-45(40)52-41(37-19-5-2-6-20-37)27-15-31-48(52)55(49-32-16-30-47-44-25-10-12-34-51(44)57-54(47)49)39-22-13-21-38(35-39)42-28-14-29-46-43-24-9-11-33-50(43)56-53(42)46/h1-35H. The fourth-order valence-corrected chi connectivity index (χ4v) is 8.54. The lowest BCUT2D eigenvalue weighted by Gasteiger charge is -2.30. The maximum absolute atomic E-state index is 6.81. The monoisotopic (exact) mass is 729 g/mol. The molecule has 11 aromatic rings. The zero-order valence-electron chi connectivity index (χ0n) is 31.0. The molecule has 0 unspecified atom stereocenters. The van der Waals surface area contributed by atoms with Crippen molar-refractivity contribution in [2.24, 2.45) is 0 Å². The highest BCUT2D eigenvalue weighted by atomic mass is 16.3. The third kappa shape index (κ3) is 5.51. The van der Waals surface area contributed by atoms with Gasteiger partial charge in [0.25, 0.3) is 0 Å². The van der Waals surface area contributed by atoms with Gasteiger partial charge in [-0.05, 0) is 69.8 Å². The first-order chi connectivity index (χ1) is 28.3. The Morgan fingerprint density at radius 1 is 0.298 bits per heavy atom. The van der Waals surface area contributed by atoms with Crippen LogP contribution in [0.4, 0.5) is 17.1 Å². The molecule has 0 aliphatic heterocycles. The second kappa shape index (κ2) is 13.6. The minimum atomic E-state index is 0.830. The van der Waals surface area contributed by atoms with Crippen LogP contribution in [0, 0.1) is 0 Å². The molecule has 0 N–H and O–H groups in total. The summed E-state index contributed by atoms with van der Waals surface area (Å²) in [4.78, 5) is 2.39. The van der Waals surface area contributed by atoms with Crippen LogP contribution in [0.25, 0.3) is 88.4 Å². The maximum Gasteiger partial charge on any atom is 0.159 e. The summed E-state index contributed by atoms with van der Waals surface area (Å²) < 4.78 is 13.4. The molecule has 2 aromatic heterocycles. The van der Waals surface area contributed by atoms with E-state index in [2.05, 4.69) is 199 Å². The SMILES string of the molecule is c1ccc(-c2ccccc2-c2c(-c3ccccc3)cccc2N(c2cccc(-c3cccc4c3oc3ccccc34)c2)c2cccc3c2oc2ccccc23)cc1. The van der Waals surface area contributed by atoms with E-state index in [-0.39, 0.29) is 0 Å². The second-order valence-corrected chi connectivity index (χ2v) is 14.4. The van der Waals surface area contributed by atoms with Crippen LogP contribution < -0.4 is 4.90 Å². The van der Waals surface area contributed by atoms with Crippen molar-refractivity contribution in [3.8, 4) is 44.5 Å². The lowest BCUT2D eigenvalue weighted by atomic mass is 9.87. The predicted octanol–water partition coefficient (Wildman–Crippen LogP) is 15.6. The molecule has 0 aliphatic carbocycles. The van der Waals surface area contributed by atoms with E-state index in [1.165, 1.54) is 0 Å². The van der Waals surface area contributed by atoms with E-state index in [9.17, 15) is 0 Å². The Morgan fingerprint density at radius 3 is 1.51 bits per heavy atom. The van der Waals surface area contributed by atoms with Crippen LogP contribution in [0.5, 0.6) is 0 Å². The molecule has 0 radical (unpaired) electrons. The van der Waals surface area contributed by atoms with Gasteiger partial charge < -0.3 is 13.7 Å². The van der Waals surface area contributed by atoms with Crippen LogP contribution in [0.3, 0.4) is 0 Å². The molecule has 0 saturated carbocycles. The van der Waals surface area contributed by atoms with Crippen LogP contribution in [0.15, 0.2) is 221 Å². The molecule has 0 saturated heterocycles. The van der Waals surface area contributed by atoms with Gasteiger partial charge in [-0.25, -0.2) is 0 Å². The van der Waals surface area contributed by atoms with E-state index in [4.69, 9.17) is 8.83 Å². The molecule has 3 heteroatoms. The zero-order chi connectivity index (χ0) is 37.7. The largest absolute Gasteiger partial charge is 0.455 e. The number of fused-ring (bicyclic) bond motifs is 6. The van der Waals surface area contributed by atoms with Gasteiger partial charge in [0.1, 0.15) is 16.7 Å². The summed E-state index contributed by atoms with van der Waals surface area (Å²) in [5.41, 5.74) is 15.4. The van der Waals surface area contributed by atoms with Gasteiger partial charge >= 0.3 is 0 Å². The van der Waals surface area contributed by atoms with Gasteiger partial charge in [-0.2, -0.15) is 0 Å². The Balaban J connectivity index is 1.22. The van der Waals surface area contributed by atoms with Gasteiger partial charge in [0, 0.05) is 38.4 Å². The van der Waals surface area contributed by atoms with E-state index in [1.54, 1.807) is 0 Å². The molecule has 0 amide bonds. The summed E-state index contributed by atoms with van der Waals surface area (Å²) >= 11 is 0. The molecule has 0 fully saturated rings. The molecule has 0 aliphatic rings. The van der Waals surface area contributed by atoms with Crippen molar-refractivity contribution in [3.05, 3.63) is 212 Å². The average molecular weight is 730 g/mol. The highest BCUT2D eigenvalue weighted by molar-refractivity contribution is 6.12. The molecular weight excluding hydrogens is 695 g/mol. The number of hydrogen-bond acceptors (Lipinski definition) is 3. The number of hydrogen-bond donors (Lipinski definition) is 0. The number of furan rings is 2. The Morgan fingerprint density at radius 2 is 0.772 bits per heavy atom. The van der Waals surface area contributed by atoms with Crippen molar-refractivity contribution in [2.75, 3.05) is 4.90 Å². The summed E-state index contributed by atoms with van der Waals surface area (Å²) in [7, 11) is 0. The fraction of sp³-hybridized carbons (Fsp3) is 0. The van der Waals surface area contributed by atoms with Crippen molar-refractivity contribution >= 4 is 60.9 Å². The van der Waals surface area contributed by atoms with Gasteiger partial charge in [0.2, 0.25) is 0 Å². The molecule has 9 aromatic carbocycles. The summed E-state index contributed by atoms with van der Waals surface area (Å²) in [6.07, 6.45) is 0. The van der Waals surface area contributed by atoms with Crippen LogP contribution in [-0.2, 0) is 0 Å². The predicted molar refractivity (Wildman–Crippen MR) is 237 cm³/mol. The number of rotatable bonds is 7. The van der Waals surface area contributed by atoms with E-state index in [1.807, 2.05) is 18.2 Å². The van der Waals surface area contributed by atoms with Crippen molar-refractivity contribution < 1.29 is 8.83 Å². The third-order valence-corrected chi connectivity index (χ3v) is 11.1. The Bertz CT molecular complexity index is 3250. The molecule has 268 valence electrons. The van der Waals surface area contributed by atoms with Crippen molar-refractivity contribution in [1.82, 2.24) is 0 Å². The highest BCUT2D eigenvalue weighted by Gasteiger charge is 2.26. The van der Waals surface area contributed by atoms with Crippen LogP contribution >= 0.6 is 0 Å². The number of nitrogens with zero attached hydrogens (tertiary/aromatic N) is 1. The summed E-state index contributed by atoms with van der Waals surface area (Å²) in [6, 6.07) is 75.1. The number of benzene rings is 9. The van der Waals surface area contributed by atoms with Crippen molar-refractivity contribution in [2.45, 2.75) is 0 Å². The highest BCUT2D eigenvalue weighted by Crippen LogP contribution is 2.50. The van der Waals surface area contributed by atoms with Crippen LogP contribution in [0.1, 0.15) is 0 Å². The summed E-state index contributed by atoms with van der Waals surface area (Å²) in [5, 5.41) is 4.38. The molecule has 2 heterocycles. The average Bonchev–Trinajstić information content (AvgIpc) is 3.86. The smallest absolute Gasteiger partial charge is 0.159 e. The fourth-order valence-electron chi connectivity index (χ4n) is 8.54. The van der Waals surface area contributed by atoms with Gasteiger partial charge in [0.05, 0.1) is 11.4 Å². The van der Waals surface area contributed by atoms with E-state index >= 15 is 0 Å². The lowest BCUT2D eigenvalue weighted by molar-refractivity contribution is 0.669. The molecule has 0 atom stereocenters. The van der Waals surface area contributed by atoms with Crippen molar-refractivity contribution in [3.63, 3.8) is 0 Å². The zero-order valence-corrected chi connectivity index (χ0v) is 31.0. The lowest BCUT2D eigenvalue weighted by Crippen LogP contribution is -2.12. The minimum absolute atomic E-state index is 0.830. The molecule has 0 spiro atoms. The third-order valence-electron chi connectivity index (χ3n) is 11.1. The topological polar surface area (TPSA) is 29.5 Å². The van der Waals surface area contributed by atoms with E-state index in [0.717, 1.165) is 105 Å². The van der Waals surface area contributed by atoms with Crippen LogP contribution in [-0.4, -0.2) is 0 Å². The molecule has 11 rings (SSSR count). The van der Waals surface area contributed by atoms with E-state index in [0.29, 0.717) is 0 Å². The Kier molecular flexibility index (Phi) is 7.82. The van der Waals surface area contributed by atoms with Gasteiger partial charge in [-0.1, -0.05) is 176 Å². The minimum Gasteiger partial charge on any atom is -0.455 e. The summed E-state index contributed by atoms with van der Waals surface area (Å²) in [5.74, 6) is 0. The Hall–Kier alpha value is -7.62. The normalized spacial score (nSPS) is 11.5. The first kappa shape index (κ1) is 32.8. The molecular formula is C54H35NO2. The molecule has 57 heavy (non-hydrogen) atoms. The van der Waals surface area contributed by atoms with Gasteiger partial charge in [0.15, 0.2) is 5.58 Å². The summed E-state index contributed by atoms with van der Waals surface area (Å²) in [6.45, 7) is 0. The quantitative estimate of drug-likeness (QED) is 0.164. The number of para-hydroxylation sites is 4. The Labute approximate surface area is 330 Å². The van der Waals surface area contributed by atoms with Gasteiger partial charge in [-0.3, -0.25) is 0 Å². The first-order valence-corrected chi connectivity index (χ1v) is 19.3. The van der Waals surface area contributed by atoms with Crippen molar-refractivity contribution in [1.29, 1.82) is 0 Å². The molecule has 3 nitrogen and oxygen atoms in total.